The zero-order valence-electron chi connectivity index (χ0n) is 13.9. The van der Waals surface area contributed by atoms with E-state index in [4.69, 9.17) is 4.74 Å². The van der Waals surface area contributed by atoms with Crippen molar-refractivity contribution in [3.05, 3.63) is 35.9 Å². The van der Waals surface area contributed by atoms with Crippen LogP contribution in [0.25, 0.3) is 0 Å². The summed E-state index contributed by atoms with van der Waals surface area (Å²) in [6.45, 7) is 2.51. The zero-order valence-corrected chi connectivity index (χ0v) is 13.9. The van der Waals surface area contributed by atoms with Crippen molar-refractivity contribution in [2.24, 2.45) is 0 Å². The predicted molar refractivity (Wildman–Crippen MR) is 89.3 cm³/mol. The van der Waals surface area contributed by atoms with Gasteiger partial charge in [0.1, 0.15) is 23.9 Å². The van der Waals surface area contributed by atoms with E-state index in [1.807, 2.05) is 23.6 Å². The Morgan fingerprint density at radius 1 is 1.36 bits per heavy atom. The van der Waals surface area contributed by atoms with Crippen molar-refractivity contribution in [3.8, 4) is 5.75 Å². The van der Waals surface area contributed by atoms with Crippen LogP contribution in [-0.4, -0.2) is 45.8 Å². The third kappa shape index (κ3) is 2.95. The highest BCUT2D eigenvalue weighted by Crippen LogP contribution is 2.31. The molecule has 3 heterocycles. The van der Waals surface area contributed by atoms with Crippen molar-refractivity contribution in [2.75, 3.05) is 18.1 Å². The van der Waals surface area contributed by atoms with Crippen LogP contribution >= 0.6 is 0 Å². The summed E-state index contributed by atoms with van der Waals surface area (Å²) in [6, 6.07) is 7.26. The molecule has 2 aliphatic rings. The summed E-state index contributed by atoms with van der Waals surface area (Å²) in [6.07, 6.45) is 1.60. The van der Waals surface area contributed by atoms with Crippen molar-refractivity contribution in [1.29, 1.82) is 0 Å². The molecule has 0 radical (unpaired) electrons. The Bertz CT molecular complexity index is 831. The summed E-state index contributed by atoms with van der Waals surface area (Å²) in [7, 11) is 0. The van der Waals surface area contributed by atoms with Gasteiger partial charge in [-0.25, -0.2) is 0 Å². The molecule has 0 saturated carbocycles. The van der Waals surface area contributed by atoms with Crippen molar-refractivity contribution >= 4 is 17.5 Å². The van der Waals surface area contributed by atoms with E-state index in [0.717, 1.165) is 24.5 Å². The molecule has 0 bridgehead atoms. The van der Waals surface area contributed by atoms with E-state index in [-0.39, 0.29) is 31.0 Å². The van der Waals surface area contributed by atoms with Crippen molar-refractivity contribution in [2.45, 2.75) is 32.4 Å². The number of aryl methyl sites for hydroxylation is 2. The maximum absolute atomic E-state index is 12.5. The van der Waals surface area contributed by atoms with Gasteiger partial charge in [-0.05, 0) is 25.5 Å². The number of aromatic nitrogens is 3. The van der Waals surface area contributed by atoms with Gasteiger partial charge in [-0.2, -0.15) is 0 Å². The number of carbonyl (C=O) groups excluding carboxylic acids is 2. The van der Waals surface area contributed by atoms with Gasteiger partial charge in [0.25, 0.3) is 5.91 Å². The molecule has 1 atom stereocenters. The number of carbonyl (C=O) groups is 2. The first-order chi connectivity index (χ1) is 12.1. The maximum atomic E-state index is 12.5. The topological polar surface area (TPSA) is 89.4 Å². The number of para-hydroxylation sites is 2. The van der Waals surface area contributed by atoms with Gasteiger partial charge < -0.3 is 14.6 Å². The normalized spacial score (nSPS) is 19.0. The summed E-state index contributed by atoms with van der Waals surface area (Å²) in [4.78, 5) is 26.1. The lowest BCUT2D eigenvalue weighted by atomic mass is 10.1. The Morgan fingerprint density at radius 3 is 3.08 bits per heavy atom. The van der Waals surface area contributed by atoms with Crippen molar-refractivity contribution in [1.82, 2.24) is 20.1 Å². The Hall–Kier alpha value is -2.90. The number of hydrogen-bond acceptors (Lipinski definition) is 5. The zero-order chi connectivity index (χ0) is 17.4. The van der Waals surface area contributed by atoms with E-state index in [9.17, 15) is 9.59 Å². The maximum Gasteiger partial charge on any atom is 0.265 e. The molecule has 0 saturated heterocycles. The lowest BCUT2D eigenvalue weighted by molar-refractivity contribution is -0.125. The average Bonchev–Trinajstić information content (AvgIpc) is 2.98. The van der Waals surface area contributed by atoms with Crippen LogP contribution < -0.4 is 15.0 Å². The van der Waals surface area contributed by atoms with Gasteiger partial charge in [0.2, 0.25) is 5.91 Å². The fraction of sp³-hybridized carbons (Fsp3) is 0.412. The van der Waals surface area contributed by atoms with Crippen molar-refractivity contribution in [3.63, 3.8) is 0 Å². The highest BCUT2D eigenvalue weighted by Gasteiger charge is 2.28. The van der Waals surface area contributed by atoms with Crippen LogP contribution in [-0.2, 0) is 22.6 Å². The first-order valence-corrected chi connectivity index (χ1v) is 8.32. The molecule has 1 aromatic heterocycles. The second kappa shape index (κ2) is 6.19. The Morgan fingerprint density at radius 2 is 2.20 bits per heavy atom. The molecule has 2 aliphatic heterocycles. The quantitative estimate of drug-likeness (QED) is 0.875. The van der Waals surface area contributed by atoms with Crippen LogP contribution in [0, 0.1) is 6.92 Å². The number of nitrogens with zero attached hydrogens (tertiary/aromatic N) is 4. The van der Waals surface area contributed by atoms with Gasteiger partial charge in [0.05, 0.1) is 5.69 Å². The van der Waals surface area contributed by atoms with Crippen LogP contribution in [0.2, 0.25) is 0 Å². The van der Waals surface area contributed by atoms with Crippen LogP contribution in [0.3, 0.4) is 0 Å². The number of ether oxygens (including phenoxy) is 1. The van der Waals surface area contributed by atoms with E-state index in [1.54, 1.807) is 12.1 Å². The van der Waals surface area contributed by atoms with Crippen LogP contribution in [0.1, 0.15) is 18.1 Å². The summed E-state index contributed by atoms with van der Waals surface area (Å²) >= 11 is 0. The first kappa shape index (κ1) is 15.6. The summed E-state index contributed by atoms with van der Waals surface area (Å²) < 4.78 is 7.43. The molecule has 0 aliphatic carbocycles. The Balaban J connectivity index is 1.43. The predicted octanol–water partition coefficient (Wildman–Crippen LogP) is 0.443. The summed E-state index contributed by atoms with van der Waals surface area (Å²) in [5.41, 5.74) is 0.634. The summed E-state index contributed by atoms with van der Waals surface area (Å²) in [5.74, 6) is 2.04. The molecule has 4 rings (SSSR count). The smallest absolute Gasteiger partial charge is 0.265 e. The molecular formula is C17H19N5O3. The van der Waals surface area contributed by atoms with E-state index in [1.165, 1.54) is 4.90 Å². The SMILES string of the molecule is Cc1nnc2n1CC(NC(=O)CN1C(=O)COc3ccccc31)CC2. The molecule has 25 heavy (non-hydrogen) atoms. The van der Waals surface area contributed by atoms with Crippen LogP contribution in [0.15, 0.2) is 24.3 Å². The lowest BCUT2D eigenvalue weighted by Gasteiger charge is -2.30. The van der Waals surface area contributed by atoms with Gasteiger partial charge in [0.15, 0.2) is 6.61 Å². The summed E-state index contributed by atoms with van der Waals surface area (Å²) in [5, 5.41) is 11.2. The second-order valence-electron chi connectivity index (χ2n) is 6.31. The molecule has 1 N–H and O–H groups in total. The minimum Gasteiger partial charge on any atom is -0.482 e. The number of anilines is 1. The fourth-order valence-electron chi connectivity index (χ4n) is 3.32. The molecule has 0 spiro atoms. The van der Waals surface area contributed by atoms with E-state index >= 15 is 0 Å². The molecule has 1 unspecified atom stereocenters. The first-order valence-electron chi connectivity index (χ1n) is 8.32. The van der Waals surface area contributed by atoms with E-state index in [0.29, 0.717) is 18.0 Å². The highest BCUT2D eigenvalue weighted by atomic mass is 16.5. The molecule has 130 valence electrons. The van der Waals surface area contributed by atoms with Gasteiger partial charge in [-0.1, -0.05) is 12.1 Å². The monoisotopic (exact) mass is 341 g/mol. The largest absolute Gasteiger partial charge is 0.482 e. The number of benzene rings is 1. The molecule has 8 nitrogen and oxygen atoms in total. The third-order valence-corrected chi connectivity index (χ3v) is 4.61. The Kier molecular flexibility index (Phi) is 3.87. The van der Waals surface area contributed by atoms with Gasteiger partial charge in [-0.15, -0.1) is 10.2 Å². The molecule has 2 aromatic rings. The van der Waals surface area contributed by atoms with E-state index < -0.39 is 0 Å². The second-order valence-corrected chi connectivity index (χ2v) is 6.31. The number of rotatable bonds is 3. The standard InChI is InChI=1S/C17H19N5O3/c1-11-19-20-15-7-6-12(8-21(11)15)18-16(23)9-22-13-4-2-3-5-14(13)25-10-17(22)24/h2-5,12H,6-10H2,1H3,(H,18,23). The van der Waals surface area contributed by atoms with Crippen molar-refractivity contribution < 1.29 is 14.3 Å². The minimum absolute atomic E-state index is 0.0102. The molecule has 0 fully saturated rings. The fourth-order valence-corrected chi connectivity index (χ4v) is 3.32. The number of hydrogen-bond donors (Lipinski definition) is 1. The van der Waals surface area contributed by atoms with Gasteiger partial charge in [0, 0.05) is 19.0 Å². The number of fused-ring (bicyclic) bond motifs is 2. The Labute approximate surface area is 144 Å². The number of nitrogens with one attached hydrogen (secondary N) is 1. The lowest BCUT2D eigenvalue weighted by Crippen LogP contribution is -2.49. The van der Waals surface area contributed by atoms with Gasteiger partial charge >= 0.3 is 0 Å². The highest BCUT2D eigenvalue weighted by molar-refractivity contribution is 6.02. The molecule has 8 heteroatoms. The minimum atomic E-state index is -0.213. The number of amides is 2. The average molecular weight is 341 g/mol. The molecule has 1 aromatic carbocycles. The van der Waals surface area contributed by atoms with Gasteiger partial charge in [-0.3, -0.25) is 14.5 Å². The molecule has 2 amide bonds. The third-order valence-electron chi connectivity index (χ3n) is 4.61. The van der Waals surface area contributed by atoms with E-state index in [2.05, 4.69) is 15.5 Å². The van der Waals surface area contributed by atoms with Crippen LogP contribution in [0.4, 0.5) is 5.69 Å². The molecular weight excluding hydrogens is 322 g/mol. The van der Waals surface area contributed by atoms with Crippen LogP contribution in [0.5, 0.6) is 5.75 Å².